The Bertz CT molecular complexity index is 423. The number of rotatable bonds is 7. The molecule has 0 heterocycles. The van der Waals surface area contributed by atoms with Gasteiger partial charge in [0.05, 0.1) is 5.41 Å². The Morgan fingerprint density at radius 3 is 2.30 bits per heavy atom. The molecule has 1 aromatic rings. The van der Waals surface area contributed by atoms with Crippen LogP contribution in [-0.4, -0.2) is 23.7 Å². The van der Waals surface area contributed by atoms with Crippen LogP contribution in [0.25, 0.3) is 0 Å². The predicted octanol–water partition coefficient (Wildman–Crippen LogP) is 2.80. The molecule has 3 nitrogen and oxygen atoms in total. The van der Waals surface area contributed by atoms with Crippen LogP contribution < -0.4 is 5.32 Å². The smallest absolute Gasteiger partial charge is 0.230 e. The number of hydrogen-bond acceptors (Lipinski definition) is 2. The fraction of sp³-hybridized carbons (Fsp3) is 0.588. The predicted molar refractivity (Wildman–Crippen MR) is 82.8 cm³/mol. The molecule has 3 heteroatoms. The van der Waals surface area contributed by atoms with E-state index in [0.29, 0.717) is 6.42 Å². The first-order valence-electron chi connectivity index (χ1n) is 7.46. The summed E-state index contributed by atoms with van der Waals surface area (Å²) in [5, 5.41) is 12.0. The van der Waals surface area contributed by atoms with E-state index in [4.69, 9.17) is 5.11 Å². The molecule has 1 aromatic carbocycles. The molecule has 0 bridgehead atoms. The van der Waals surface area contributed by atoms with E-state index in [9.17, 15) is 4.79 Å². The normalized spacial score (nSPS) is 13.1. The van der Waals surface area contributed by atoms with E-state index in [-0.39, 0.29) is 18.6 Å². The van der Waals surface area contributed by atoms with Gasteiger partial charge in [0, 0.05) is 12.6 Å². The van der Waals surface area contributed by atoms with Crippen LogP contribution in [0, 0.1) is 0 Å². The average molecular weight is 277 g/mol. The van der Waals surface area contributed by atoms with Crippen molar-refractivity contribution in [2.24, 2.45) is 0 Å². The van der Waals surface area contributed by atoms with E-state index in [1.807, 2.05) is 32.9 Å². The van der Waals surface area contributed by atoms with Crippen molar-refractivity contribution in [3.8, 4) is 0 Å². The number of carbonyl (C=O) groups is 1. The van der Waals surface area contributed by atoms with Crippen LogP contribution in [0.5, 0.6) is 0 Å². The first kappa shape index (κ1) is 16.7. The number of benzene rings is 1. The van der Waals surface area contributed by atoms with E-state index >= 15 is 0 Å². The molecule has 0 aliphatic rings. The second-order valence-electron chi connectivity index (χ2n) is 5.77. The number of carbonyl (C=O) groups excluding carboxylic acids is 1. The molecule has 0 aromatic heterocycles. The van der Waals surface area contributed by atoms with Crippen molar-refractivity contribution in [1.82, 2.24) is 5.32 Å². The Labute approximate surface area is 122 Å². The lowest BCUT2D eigenvalue weighted by Gasteiger charge is -2.27. The molecule has 0 fully saturated rings. The third-order valence-corrected chi connectivity index (χ3v) is 3.96. The Kier molecular flexibility index (Phi) is 6.21. The lowest BCUT2D eigenvalue weighted by molar-refractivity contribution is -0.126. The molecule has 1 rings (SSSR count). The standard InChI is InChI=1S/C17H27NO2/c1-5-13-7-9-14(10-8-13)17(3,4)16(20)18-15(6-2)11-12-19/h7-10,15,19H,5-6,11-12H2,1-4H3,(H,18,20). The van der Waals surface area contributed by atoms with Crippen LogP contribution in [-0.2, 0) is 16.6 Å². The van der Waals surface area contributed by atoms with Gasteiger partial charge >= 0.3 is 0 Å². The highest BCUT2D eigenvalue weighted by Gasteiger charge is 2.30. The summed E-state index contributed by atoms with van der Waals surface area (Å²) in [6.07, 6.45) is 2.44. The summed E-state index contributed by atoms with van der Waals surface area (Å²) in [6.45, 7) is 8.12. The minimum Gasteiger partial charge on any atom is -0.396 e. The number of aliphatic hydroxyl groups excluding tert-OH is 1. The number of aliphatic hydroxyl groups is 1. The van der Waals surface area contributed by atoms with Gasteiger partial charge in [0.2, 0.25) is 5.91 Å². The summed E-state index contributed by atoms with van der Waals surface area (Å²) in [5.41, 5.74) is 1.73. The molecule has 112 valence electrons. The molecule has 0 aliphatic heterocycles. The summed E-state index contributed by atoms with van der Waals surface area (Å²) < 4.78 is 0. The highest BCUT2D eigenvalue weighted by molar-refractivity contribution is 5.87. The Balaban J connectivity index is 2.82. The Hall–Kier alpha value is -1.35. The number of amides is 1. The molecular formula is C17H27NO2. The van der Waals surface area contributed by atoms with E-state index < -0.39 is 5.41 Å². The van der Waals surface area contributed by atoms with Crippen molar-refractivity contribution in [1.29, 1.82) is 0 Å². The van der Waals surface area contributed by atoms with Gasteiger partial charge in [-0.3, -0.25) is 4.79 Å². The first-order valence-corrected chi connectivity index (χ1v) is 7.46. The Morgan fingerprint density at radius 2 is 1.85 bits per heavy atom. The van der Waals surface area contributed by atoms with Gasteiger partial charge < -0.3 is 10.4 Å². The molecule has 0 saturated heterocycles. The summed E-state index contributed by atoms with van der Waals surface area (Å²) in [7, 11) is 0. The van der Waals surface area contributed by atoms with Crippen LogP contribution >= 0.6 is 0 Å². The van der Waals surface area contributed by atoms with Gasteiger partial charge in [0.15, 0.2) is 0 Å². The van der Waals surface area contributed by atoms with Crippen LogP contribution in [0.4, 0.5) is 0 Å². The second-order valence-corrected chi connectivity index (χ2v) is 5.77. The van der Waals surface area contributed by atoms with Crippen LogP contribution in [0.3, 0.4) is 0 Å². The van der Waals surface area contributed by atoms with Crippen molar-refractivity contribution >= 4 is 5.91 Å². The third-order valence-electron chi connectivity index (χ3n) is 3.96. The van der Waals surface area contributed by atoms with Gasteiger partial charge in [0.25, 0.3) is 0 Å². The fourth-order valence-corrected chi connectivity index (χ4v) is 2.19. The maximum absolute atomic E-state index is 12.5. The number of hydrogen-bond donors (Lipinski definition) is 2. The summed E-state index contributed by atoms with van der Waals surface area (Å²) in [5.74, 6) is 0.0158. The minimum atomic E-state index is -0.560. The molecule has 0 aliphatic carbocycles. The number of nitrogens with one attached hydrogen (secondary N) is 1. The van der Waals surface area contributed by atoms with Crippen molar-refractivity contribution in [3.63, 3.8) is 0 Å². The van der Waals surface area contributed by atoms with Crippen molar-refractivity contribution in [3.05, 3.63) is 35.4 Å². The quantitative estimate of drug-likeness (QED) is 0.805. The summed E-state index contributed by atoms with van der Waals surface area (Å²) >= 11 is 0. The zero-order chi connectivity index (χ0) is 15.2. The topological polar surface area (TPSA) is 49.3 Å². The summed E-state index contributed by atoms with van der Waals surface area (Å²) in [6, 6.07) is 8.27. The maximum atomic E-state index is 12.5. The largest absolute Gasteiger partial charge is 0.396 e. The minimum absolute atomic E-state index is 0.0158. The molecule has 0 saturated carbocycles. The second kappa shape index (κ2) is 7.44. The van der Waals surface area contributed by atoms with Crippen molar-refractivity contribution in [2.75, 3.05) is 6.61 Å². The van der Waals surface area contributed by atoms with E-state index in [0.717, 1.165) is 18.4 Å². The molecular weight excluding hydrogens is 250 g/mol. The highest BCUT2D eigenvalue weighted by atomic mass is 16.3. The molecule has 0 radical (unpaired) electrons. The van der Waals surface area contributed by atoms with Gasteiger partial charge in [-0.1, -0.05) is 38.1 Å². The molecule has 20 heavy (non-hydrogen) atoms. The van der Waals surface area contributed by atoms with Gasteiger partial charge in [-0.25, -0.2) is 0 Å². The van der Waals surface area contributed by atoms with Gasteiger partial charge in [-0.05, 0) is 44.2 Å². The van der Waals surface area contributed by atoms with Crippen LogP contribution in [0.1, 0.15) is 51.7 Å². The lowest BCUT2D eigenvalue weighted by atomic mass is 9.83. The molecule has 1 amide bonds. The Morgan fingerprint density at radius 1 is 1.25 bits per heavy atom. The third kappa shape index (κ3) is 4.07. The van der Waals surface area contributed by atoms with Gasteiger partial charge in [0.1, 0.15) is 0 Å². The fourth-order valence-electron chi connectivity index (χ4n) is 2.19. The monoisotopic (exact) mass is 277 g/mol. The SMILES string of the molecule is CCc1ccc(C(C)(C)C(=O)NC(CC)CCO)cc1. The van der Waals surface area contributed by atoms with E-state index in [1.165, 1.54) is 5.56 Å². The van der Waals surface area contributed by atoms with E-state index in [2.05, 4.69) is 24.4 Å². The number of aryl methyl sites for hydroxylation is 1. The van der Waals surface area contributed by atoms with E-state index in [1.54, 1.807) is 0 Å². The maximum Gasteiger partial charge on any atom is 0.230 e. The summed E-state index contributed by atoms with van der Waals surface area (Å²) in [4.78, 5) is 12.5. The van der Waals surface area contributed by atoms with Crippen LogP contribution in [0.15, 0.2) is 24.3 Å². The average Bonchev–Trinajstić information content (AvgIpc) is 2.46. The lowest BCUT2D eigenvalue weighted by Crippen LogP contribution is -2.45. The highest BCUT2D eigenvalue weighted by Crippen LogP contribution is 2.24. The van der Waals surface area contributed by atoms with Crippen molar-refractivity contribution < 1.29 is 9.90 Å². The van der Waals surface area contributed by atoms with Gasteiger partial charge in [-0.2, -0.15) is 0 Å². The van der Waals surface area contributed by atoms with Crippen molar-refractivity contribution in [2.45, 2.75) is 58.4 Å². The zero-order valence-electron chi connectivity index (χ0n) is 13.1. The molecule has 0 spiro atoms. The van der Waals surface area contributed by atoms with Gasteiger partial charge in [-0.15, -0.1) is 0 Å². The zero-order valence-corrected chi connectivity index (χ0v) is 13.1. The molecule has 1 unspecified atom stereocenters. The molecule has 2 N–H and O–H groups in total. The molecule has 1 atom stereocenters. The van der Waals surface area contributed by atoms with Crippen LogP contribution in [0.2, 0.25) is 0 Å². The first-order chi connectivity index (χ1) is 9.45.